The highest BCUT2D eigenvalue weighted by Gasteiger charge is 2.18. The van der Waals surface area contributed by atoms with Crippen LogP contribution in [0.2, 0.25) is 0 Å². The van der Waals surface area contributed by atoms with Crippen molar-refractivity contribution < 1.29 is 4.79 Å². The van der Waals surface area contributed by atoms with Crippen molar-refractivity contribution in [3.05, 3.63) is 54.1 Å². The zero-order chi connectivity index (χ0) is 15.2. The van der Waals surface area contributed by atoms with Crippen LogP contribution in [-0.4, -0.2) is 40.0 Å². The van der Waals surface area contributed by atoms with Crippen molar-refractivity contribution >= 4 is 30.7 Å². The molecule has 1 aromatic heterocycles. The van der Waals surface area contributed by atoms with E-state index in [1.165, 1.54) is 5.56 Å². The highest BCUT2D eigenvalue weighted by Crippen LogP contribution is 2.06. The van der Waals surface area contributed by atoms with Gasteiger partial charge in [0.2, 0.25) is 5.91 Å². The Bertz CT molecular complexity index is 589. The number of hydrogen-bond acceptors (Lipinski definition) is 3. The monoisotopic (exact) mass is 358 g/mol. The molecule has 0 spiro atoms. The highest BCUT2D eigenvalue weighted by molar-refractivity contribution is 5.85. The zero-order valence-electron chi connectivity index (χ0n) is 13.4. The summed E-state index contributed by atoms with van der Waals surface area (Å²) in [6.45, 7) is 3.36. The number of aromatic nitrogens is 2. The minimum Gasteiger partial charge on any atom is -0.345 e. The van der Waals surface area contributed by atoms with Crippen LogP contribution < -0.4 is 5.73 Å². The maximum Gasteiger partial charge on any atom is 0.239 e. The summed E-state index contributed by atoms with van der Waals surface area (Å²) in [6.07, 6.45) is 4.19. The summed E-state index contributed by atoms with van der Waals surface area (Å²) in [4.78, 5) is 17.9. The van der Waals surface area contributed by atoms with Gasteiger partial charge in [-0.3, -0.25) is 4.79 Å². The molecule has 1 heterocycles. The molecule has 0 aliphatic carbocycles. The Balaban J connectivity index is 0.00000242. The highest BCUT2D eigenvalue weighted by atomic mass is 35.5. The summed E-state index contributed by atoms with van der Waals surface area (Å²) in [7, 11) is 1.76. The molecule has 128 valence electrons. The van der Waals surface area contributed by atoms with Crippen LogP contribution in [0.5, 0.6) is 0 Å². The van der Waals surface area contributed by atoms with E-state index in [0.29, 0.717) is 13.0 Å². The predicted molar refractivity (Wildman–Crippen MR) is 97.3 cm³/mol. The fourth-order valence-corrected chi connectivity index (χ4v) is 2.14. The third-order valence-corrected chi connectivity index (χ3v) is 3.49. The van der Waals surface area contributed by atoms with Crippen molar-refractivity contribution in [2.24, 2.45) is 5.73 Å². The van der Waals surface area contributed by atoms with Crippen LogP contribution in [0.15, 0.2) is 42.9 Å². The van der Waals surface area contributed by atoms with Gasteiger partial charge in [0.25, 0.3) is 0 Å². The summed E-state index contributed by atoms with van der Waals surface area (Å²) < 4.78 is 2.01. The van der Waals surface area contributed by atoms with Gasteiger partial charge in [0.05, 0.1) is 18.1 Å². The van der Waals surface area contributed by atoms with Gasteiger partial charge in [-0.25, -0.2) is 4.98 Å². The van der Waals surface area contributed by atoms with E-state index in [4.69, 9.17) is 5.73 Å². The molecule has 0 aliphatic rings. The normalized spacial score (nSPS) is 11.1. The molecule has 7 heteroatoms. The molecule has 5 nitrogen and oxygen atoms in total. The van der Waals surface area contributed by atoms with Crippen molar-refractivity contribution in [3.8, 4) is 0 Å². The number of carbonyl (C=O) groups excluding carboxylic acids is 1. The molecule has 0 bridgehead atoms. The number of nitrogens with zero attached hydrogens (tertiary/aromatic N) is 3. The number of likely N-dealkylation sites (N-methyl/N-ethyl adjacent to an activating group) is 1. The topological polar surface area (TPSA) is 64.2 Å². The second-order valence-electron chi connectivity index (χ2n) is 5.19. The van der Waals surface area contributed by atoms with E-state index < -0.39 is 6.04 Å². The van der Waals surface area contributed by atoms with E-state index in [9.17, 15) is 4.79 Å². The number of nitrogens with two attached hydrogens (primary N) is 1. The van der Waals surface area contributed by atoms with Gasteiger partial charge in [0.15, 0.2) is 0 Å². The van der Waals surface area contributed by atoms with Crippen LogP contribution in [0.25, 0.3) is 0 Å². The number of halogens is 2. The molecule has 0 saturated heterocycles. The molecule has 2 aromatic rings. The first-order valence-electron chi connectivity index (χ1n) is 7.15. The number of benzene rings is 1. The first-order valence-corrected chi connectivity index (χ1v) is 7.15. The van der Waals surface area contributed by atoms with E-state index in [0.717, 1.165) is 12.2 Å². The van der Waals surface area contributed by atoms with Gasteiger partial charge in [-0.2, -0.15) is 0 Å². The molecular formula is C16H24Cl2N4O. The lowest BCUT2D eigenvalue weighted by Gasteiger charge is -2.18. The third kappa shape index (κ3) is 6.22. The largest absolute Gasteiger partial charge is 0.345 e. The number of hydrogen-bond donors (Lipinski definition) is 1. The Kier molecular flexibility index (Phi) is 9.56. The number of carbonyl (C=O) groups is 1. The molecule has 0 saturated carbocycles. The lowest BCUT2D eigenvalue weighted by Crippen LogP contribution is -2.43. The van der Waals surface area contributed by atoms with Crippen molar-refractivity contribution in [1.82, 2.24) is 14.5 Å². The van der Waals surface area contributed by atoms with E-state index in [1.807, 2.05) is 35.9 Å². The number of imidazole rings is 1. The van der Waals surface area contributed by atoms with Gasteiger partial charge in [-0.1, -0.05) is 30.3 Å². The van der Waals surface area contributed by atoms with Crippen molar-refractivity contribution in [2.75, 3.05) is 13.6 Å². The van der Waals surface area contributed by atoms with E-state index in [2.05, 4.69) is 17.1 Å². The Morgan fingerprint density at radius 2 is 1.96 bits per heavy atom. The smallest absolute Gasteiger partial charge is 0.239 e. The molecule has 0 fully saturated rings. The molecule has 0 aliphatic heterocycles. The van der Waals surface area contributed by atoms with Gasteiger partial charge in [-0.15, -0.1) is 24.8 Å². The van der Waals surface area contributed by atoms with Crippen LogP contribution in [0, 0.1) is 0 Å². The third-order valence-electron chi connectivity index (χ3n) is 3.49. The maximum atomic E-state index is 11.9. The van der Waals surface area contributed by atoms with E-state index in [1.54, 1.807) is 18.3 Å². The Morgan fingerprint density at radius 1 is 1.30 bits per heavy atom. The van der Waals surface area contributed by atoms with Crippen LogP contribution in [0.4, 0.5) is 0 Å². The lowest BCUT2D eigenvalue weighted by molar-refractivity contribution is -0.131. The summed E-state index contributed by atoms with van der Waals surface area (Å²) >= 11 is 0. The predicted octanol–water partition coefficient (Wildman–Crippen LogP) is 2.12. The zero-order valence-corrected chi connectivity index (χ0v) is 15.0. The van der Waals surface area contributed by atoms with Crippen LogP contribution in [0.1, 0.15) is 18.2 Å². The van der Waals surface area contributed by atoms with Crippen molar-refractivity contribution in [1.29, 1.82) is 0 Å². The Morgan fingerprint density at radius 3 is 2.57 bits per heavy atom. The van der Waals surface area contributed by atoms with Gasteiger partial charge in [0, 0.05) is 32.8 Å². The second kappa shape index (κ2) is 10.3. The summed E-state index contributed by atoms with van der Waals surface area (Å²) in [5, 5.41) is 0. The summed E-state index contributed by atoms with van der Waals surface area (Å²) in [5.74, 6) is -0.0462. The molecule has 0 unspecified atom stereocenters. The van der Waals surface area contributed by atoms with E-state index >= 15 is 0 Å². The molecular weight excluding hydrogens is 335 g/mol. The average molecular weight is 359 g/mol. The molecule has 1 aromatic carbocycles. The van der Waals surface area contributed by atoms with Crippen LogP contribution >= 0.6 is 24.8 Å². The van der Waals surface area contributed by atoms with Crippen molar-refractivity contribution in [2.45, 2.75) is 25.9 Å². The Hall–Kier alpha value is -1.56. The van der Waals surface area contributed by atoms with E-state index in [-0.39, 0.29) is 30.7 Å². The first-order chi connectivity index (χ1) is 10.1. The average Bonchev–Trinajstić information content (AvgIpc) is 2.93. The van der Waals surface area contributed by atoms with Gasteiger partial charge in [-0.05, 0) is 12.5 Å². The molecule has 2 N–H and O–H groups in total. The first kappa shape index (κ1) is 21.4. The summed E-state index contributed by atoms with van der Waals surface area (Å²) in [6, 6.07) is 9.65. The maximum absolute atomic E-state index is 11.9. The lowest BCUT2D eigenvalue weighted by atomic mass is 10.1. The minimum atomic E-state index is -0.532. The SMILES string of the molecule is CCN(C)C(=O)[C@@H](N)Cc1cn(Cc2ccccc2)cn1.Cl.Cl. The molecule has 1 amide bonds. The number of rotatable bonds is 6. The molecule has 0 radical (unpaired) electrons. The molecule has 23 heavy (non-hydrogen) atoms. The van der Waals surface area contributed by atoms with Crippen LogP contribution in [-0.2, 0) is 17.8 Å². The fourth-order valence-electron chi connectivity index (χ4n) is 2.14. The molecule has 1 atom stereocenters. The quantitative estimate of drug-likeness (QED) is 0.859. The fraction of sp³-hybridized carbons (Fsp3) is 0.375. The van der Waals surface area contributed by atoms with Gasteiger partial charge < -0.3 is 15.2 Å². The van der Waals surface area contributed by atoms with Crippen molar-refractivity contribution in [3.63, 3.8) is 0 Å². The van der Waals surface area contributed by atoms with Gasteiger partial charge in [0.1, 0.15) is 0 Å². The standard InChI is InChI=1S/C16H22N4O.2ClH/c1-3-19(2)16(21)15(17)9-14-11-20(12-18-14)10-13-7-5-4-6-8-13;;/h4-8,11-12,15H,3,9-10,17H2,1-2H3;2*1H/t15-;;/m0../s1. The summed E-state index contributed by atoms with van der Waals surface area (Å²) in [5.41, 5.74) is 8.01. The van der Waals surface area contributed by atoms with Gasteiger partial charge >= 0.3 is 0 Å². The minimum absolute atomic E-state index is 0. The number of amides is 1. The Labute approximate surface area is 149 Å². The molecule has 2 rings (SSSR count). The van der Waals surface area contributed by atoms with Crippen LogP contribution in [0.3, 0.4) is 0 Å². The second-order valence-corrected chi connectivity index (χ2v) is 5.19.